The Labute approximate surface area is 175 Å². The molecule has 156 valence electrons. The van der Waals surface area contributed by atoms with Crippen molar-refractivity contribution in [3.8, 4) is 22.9 Å². The standard InChI is InChI=1S/C22H25N5O3/c1-15-23-10-7-21(24-15)30-17-8-11-27(12-9-17)22(28)20-14-19(25-26(20)2)16-5-4-6-18(13-16)29-3/h4-7,10,13-14,17H,8-9,11-12H2,1-3H3. The van der Waals surface area contributed by atoms with Gasteiger partial charge in [-0.1, -0.05) is 12.1 Å². The van der Waals surface area contributed by atoms with E-state index in [-0.39, 0.29) is 12.0 Å². The SMILES string of the molecule is COc1cccc(-c2cc(C(=O)N3CCC(Oc4ccnc(C)n4)CC3)n(C)n2)c1. The highest BCUT2D eigenvalue weighted by Crippen LogP contribution is 2.25. The third-order valence-electron chi connectivity index (χ3n) is 5.23. The number of methoxy groups -OCH3 is 1. The summed E-state index contributed by atoms with van der Waals surface area (Å²) in [7, 11) is 3.43. The Morgan fingerprint density at radius 2 is 1.97 bits per heavy atom. The molecule has 1 aromatic carbocycles. The van der Waals surface area contributed by atoms with Gasteiger partial charge in [0.05, 0.1) is 12.8 Å². The number of carbonyl (C=O) groups excluding carboxylic acids is 1. The van der Waals surface area contributed by atoms with Crippen LogP contribution < -0.4 is 9.47 Å². The van der Waals surface area contributed by atoms with Gasteiger partial charge in [-0.05, 0) is 25.1 Å². The predicted octanol–water partition coefficient (Wildman–Crippen LogP) is 2.88. The molecule has 0 saturated carbocycles. The summed E-state index contributed by atoms with van der Waals surface area (Å²) in [6.45, 7) is 3.10. The van der Waals surface area contributed by atoms with Gasteiger partial charge in [-0.3, -0.25) is 9.48 Å². The minimum absolute atomic E-state index is 0.0181. The molecule has 8 heteroatoms. The first-order valence-corrected chi connectivity index (χ1v) is 9.97. The van der Waals surface area contributed by atoms with E-state index in [2.05, 4.69) is 15.1 Å². The Morgan fingerprint density at radius 3 is 2.70 bits per heavy atom. The number of carbonyl (C=O) groups is 1. The summed E-state index contributed by atoms with van der Waals surface area (Å²) in [4.78, 5) is 23.3. The molecule has 4 rings (SSSR count). The molecule has 1 fully saturated rings. The van der Waals surface area contributed by atoms with E-state index in [0.29, 0.717) is 30.5 Å². The van der Waals surface area contributed by atoms with Crippen LogP contribution in [0.1, 0.15) is 29.2 Å². The Morgan fingerprint density at radius 1 is 1.17 bits per heavy atom. The fourth-order valence-electron chi connectivity index (χ4n) is 3.60. The van der Waals surface area contributed by atoms with Gasteiger partial charge in [0, 0.05) is 50.8 Å². The Hall–Kier alpha value is -3.42. The van der Waals surface area contributed by atoms with Crippen molar-refractivity contribution in [1.29, 1.82) is 0 Å². The number of amides is 1. The lowest BCUT2D eigenvalue weighted by molar-refractivity contribution is 0.0577. The molecule has 1 saturated heterocycles. The predicted molar refractivity (Wildman–Crippen MR) is 112 cm³/mol. The van der Waals surface area contributed by atoms with Gasteiger partial charge < -0.3 is 14.4 Å². The summed E-state index contributed by atoms with van der Waals surface area (Å²) >= 11 is 0. The average molecular weight is 407 g/mol. The molecule has 0 atom stereocenters. The van der Waals surface area contributed by atoms with Crippen LogP contribution in [0, 0.1) is 6.92 Å². The number of piperidine rings is 1. The molecule has 0 N–H and O–H groups in total. The van der Waals surface area contributed by atoms with Crippen molar-refractivity contribution in [2.75, 3.05) is 20.2 Å². The molecular weight excluding hydrogens is 382 g/mol. The van der Waals surface area contributed by atoms with Crippen LogP contribution in [0.5, 0.6) is 11.6 Å². The van der Waals surface area contributed by atoms with Crippen LogP contribution in [0.15, 0.2) is 42.6 Å². The van der Waals surface area contributed by atoms with Crippen LogP contribution in [0.25, 0.3) is 11.3 Å². The molecule has 8 nitrogen and oxygen atoms in total. The Balaban J connectivity index is 1.41. The summed E-state index contributed by atoms with van der Waals surface area (Å²) in [5.41, 5.74) is 2.23. The van der Waals surface area contributed by atoms with Crippen LogP contribution in [0.2, 0.25) is 0 Å². The van der Waals surface area contributed by atoms with Crippen LogP contribution in [-0.2, 0) is 7.05 Å². The summed E-state index contributed by atoms with van der Waals surface area (Å²) in [5.74, 6) is 2.01. The highest BCUT2D eigenvalue weighted by molar-refractivity contribution is 5.93. The average Bonchev–Trinajstić information content (AvgIpc) is 3.15. The van der Waals surface area contributed by atoms with Crippen molar-refractivity contribution >= 4 is 5.91 Å². The maximum absolute atomic E-state index is 13.1. The third kappa shape index (κ3) is 4.27. The van der Waals surface area contributed by atoms with Gasteiger partial charge in [-0.15, -0.1) is 0 Å². The van der Waals surface area contributed by atoms with Gasteiger partial charge >= 0.3 is 0 Å². The van der Waals surface area contributed by atoms with E-state index in [9.17, 15) is 4.79 Å². The van der Waals surface area contributed by atoms with E-state index in [1.165, 1.54) is 0 Å². The Bertz CT molecular complexity index is 1040. The van der Waals surface area contributed by atoms with Gasteiger partial charge in [-0.2, -0.15) is 10.1 Å². The molecular formula is C22H25N5O3. The lowest BCUT2D eigenvalue weighted by Crippen LogP contribution is -2.42. The van der Waals surface area contributed by atoms with E-state index in [4.69, 9.17) is 9.47 Å². The fraction of sp³-hybridized carbons (Fsp3) is 0.364. The molecule has 0 spiro atoms. The zero-order chi connectivity index (χ0) is 21.1. The molecule has 0 radical (unpaired) electrons. The second-order valence-electron chi connectivity index (χ2n) is 7.32. The molecule has 1 aliphatic rings. The van der Waals surface area contributed by atoms with Crippen LogP contribution in [-0.4, -0.2) is 56.9 Å². The van der Waals surface area contributed by atoms with E-state index in [1.807, 2.05) is 42.2 Å². The van der Waals surface area contributed by atoms with Gasteiger partial charge in [0.2, 0.25) is 5.88 Å². The third-order valence-corrected chi connectivity index (χ3v) is 5.23. The smallest absolute Gasteiger partial charge is 0.272 e. The highest BCUT2D eigenvalue weighted by atomic mass is 16.5. The van der Waals surface area contributed by atoms with Crippen molar-refractivity contribution in [2.24, 2.45) is 7.05 Å². The minimum atomic E-state index is -0.0181. The fourth-order valence-corrected chi connectivity index (χ4v) is 3.60. The quantitative estimate of drug-likeness (QED) is 0.647. The van der Waals surface area contributed by atoms with Crippen molar-refractivity contribution in [3.05, 3.63) is 54.1 Å². The molecule has 1 amide bonds. The van der Waals surface area contributed by atoms with E-state index in [0.717, 1.165) is 29.8 Å². The number of nitrogens with zero attached hydrogens (tertiary/aromatic N) is 5. The zero-order valence-corrected chi connectivity index (χ0v) is 17.4. The molecule has 3 heterocycles. The van der Waals surface area contributed by atoms with Gasteiger partial charge in [0.25, 0.3) is 5.91 Å². The molecule has 3 aromatic rings. The Kier molecular flexibility index (Phi) is 5.65. The lowest BCUT2D eigenvalue weighted by atomic mass is 10.1. The van der Waals surface area contributed by atoms with Gasteiger partial charge in [0.1, 0.15) is 23.4 Å². The normalized spacial score (nSPS) is 14.6. The number of aromatic nitrogens is 4. The number of likely N-dealkylation sites (tertiary alicyclic amines) is 1. The highest BCUT2D eigenvalue weighted by Gasteiger charge is 2.27. The van der Waals surface area contributed by atoms with Crippen molar-refractivity contribution in [2.45, 2.75) is 25.9 Å². The number of aryl methyl sites for hydroxylation is 2. The first-order valence-electron chi connectivity index (χ1n) is 9.97. The topological polar surface area (TPSA) is 82.4 Å². The van der Waals surface area contributed by atoms with Gasteiger partial charge in [0.15, 0.2) is 0 Å². The number of hydrogen-bond acceptors (Lipinski definition) is 6. The summed E-state index contributed by atoms with van der Waals surface area (Å²) < 4.78 is 12.9. The van der Waals surface area contributed by atoms with E-state index >= 15 is 0 Å². The number of ether oxygens (including phenoxy) is 2. The van der Waals surface area contributed by atoms with Crippen LogP contribution in [0.3, 0.4) is 0 Å². The molecule has 2 aromatic heterocycles. The zero-order valence-electron chi connectivity index (χ0n) is 17.4. The van der Waals surface area contributed by atoms with E-state index in [1.54, 1.807) is 31.1 Å². The van der Waals surface area contributed by atoms with Crippen LogP contribution in [0.4, 0.5) is 0 Å². The van der Waals surface area contributed by atoms with Crippen molar-refractivity contribution in [3.63, 3.8) is 0 Å². The first-order chi connectivity index (χ1) is 14.5. The van der Waals surface area contributed by atoms with Crippen LogP contribution >= 0.6 is 0 Å². The second-order valence-corrected chi connectivity index (χ2v) is 7.32. The second kappa shape index (κ2) is 8.52. The van der Waals surface area contributed by atoms with Crippen molar-refractivity contribution < 1.29 is 14.3 Å². The summed E-state index contributed by atoms with van der Waals surface area (Å²) in [6, 6.07) is 11.3. The molecule has 0 aliphatic carbocycles. The maximum atomic E-state index is 13.1. The van der Waals surface area contributed by atoms with Crippen molar-refractivity contribution in [1.82, 2.24) is 24.6 Å². The number of rotatable bonds is 5. The van der Waals surface area contributed by atoms with E-state index < -0.39 is 0 Å². The summed E-state index contributed by atoms with van der Waals surface area (Å²) in [6.07, 6.45) is 3.26. The monoisotopic (exact) mass is 407 g/mol. The first kappa shape index (κ1) is 19.9. The lowest BCUT2D eigenvalue weighted by Gasteiger charge is -2.31. The molecule has 30 heavy (non-hydrogen) atoms. The molecule has 1 aliphatic heterocycles. The maximum Gasteiger partial charge on any atom is 0.272 e. The summed E-state index contributed by atoms with van der Waals surface area (Å²) in [5, 5.41) is 4.53. The molecule has 0 unspecified atom stereocenters. The number of hydrogen-bond donors (Lipinski definition) is 0. The largest absolute Gasteiger partial charge is 0.497 e. The minimum Gasteiger partial charge on any atom is -0.497 e. The molecule has 0 bridgehead atoms. The van der Waals surface area contributed by atoms with Gasteiger partial charge in [-0.25, -0.2) is 4.98 Å². The number of benzene rings is 1.